The van der Waals surface area contributed by atoms with E-state index in [4.69, 9.17) is 5.11 Å². The van der Waals surface area contributed by atoms with Crippen LogP contribution in [0.3, 0.4) is 0 Å². The number of rotatable bonds is 5. The van der Waals surface area contributed by atoms with Crippen LogP contribution >= 0.6 is 0 Å². The monoisotopic (exact) mass is 229 g/mol. The van der Waals surface area contributed by atoms with Crippen molar-refractivity contribution in [3.8, 4) is 0 Å². The second-order valence-corrected chi connectivity index (χ2v) is 3.64. The maximum atomic E-state index is 12.8. The first-order chi connectivity index (χ1) is 7.47. The fourth-order valence-electron chi connectivity index (χ4n) is 1.33. The number of hydrogen-bond acceptors (Lipinski definition) is 2. The molecule has 2 N–H and O–H groups in total. The van der Waals surface area contributed by atoms with Gasteiger partial charge in [0.05, 0.1) is 0 Å². The zero-order valence-corrected chi connectivity index (χ0v) is 8.84. The standard InChI is InChI=1S/C11H13F2NO2/c1-7(2-3-11(15)16)14-10-5-8(12)4-9(13)6-10/h4-7,14H,2-3H2,1H3,(H,15,16). The largest absolute Gasteiger partial charge is 0.481 e. The highest BCUT2D eigenvalue weighted by Crippen LogP contribution is 2.15. The summed E-state index contributed by atoms with van der Waals surface area (Å²) in [6.45, 7) is 1.76. The van der Waals surface area contributed by atoms with Gasteiger partial charge in [0.25, 0.3) is 0 Å². The second kappa shape index (κ2) is 5.44. The van der Waals surface area contributed by atoms with Crippen LogP contribution in [0.2, 0.25) is 0 Å². The minimum absolute atomic E-state index is 0.0198. The van der Waals surface area contributed by atoms with Gasteiger partial charge in [0.2, 0.25) is 0 Å². The smallest absolute Gasteiger partial charge is 0.303 e. The molecule has 0 saturated heterocycles. The lowest BCUT2D eigenvalue weighted by Crippen LogP contribution is -2.16. The molecule has 0 radical (unpaired) electrons. The highest BCUT2D eigenvalue weighted by atomic mass is 19.1. The molecule has 1 unspecified atom stereocenters. The van der Waals surface area contributed by atoms with E-state index in [-0.39, 0.29) is 12.5 Å². The van der Waals surface area contributed by atoms with Crippen LogP contribution < -0.4 is 5.32 Å². The first-order valence-corrected chi connectivity index (χ1v) is 4.92. The number of hydrogen-bond donors (Lipinski definition) is 2. The molecule has 1 aromatic rings. The lowest BCUT2D eigenvalue weighted by molar-refractivity contribution is -0.137. The molecule has 88 valence electrons. The maximum absolute atomic E-state index is 12.8. The summed E-state index contributed by atoms with van der Waals surface area (Å²) in [7, 11) is 0. The summed E-state index contributed by atoms with van der Waals surface area (Å²) >= 11 is 0. The van der Waals surface area contributed by atoms with Crippen molar-refractivity contribution in [3.05, 3.63) is 29.8 Å². The normalized spacial score (nSPS) is 12.2. The Morgan fingerprint density at radius 3 is 2.44 bits per heavy atom. The number of benzene rings is 1. The molecule has 0 amide bonds. The third-order valence-corrected chi connectivity index (χ3v) is 2.07. The summed E-state index contributed by atoms with van der Waals surface area (Å²) in [6, 6.07) is 2.96. The van der Waals surface area contributed by atoms with Gasteiger partial charge >= 0.3 is 5.97 Å². The van der Waals surface area contributed by atoms with Crippen molar-refractivity contribution >= 4 is 11.7 Å². The van der Waals surface area contributed by atoms with Gasteiger partial charge in [0.15, 0.2) is 0 Å². The number of carboxylic acid groups (broad SMARTS) is 1. The van der Waals surface area contributed by atoms with E-state index in [1.165, 1.54) is 12.1 Å². The van der Waals surface area contributed by atoms with E-state index >= 15 is 0 Å². The van der Waals surface area contributed by atoms with Crippen molar-refractivity contribution in [2.45, 2.75) is 25.8 Å². The Balaban J connectivity index is 2.55. The predicted molar refractivity (Wildman–Crippen MR) is 56.3 cm³/mol. The molecule has 0 spiro atoms. The fourth-order valence-corrected chi connectivity index (χ4v) is 1.33. The summed E-state index contributed by atoms with van der Waals surface area (Å²) in [4.78, 5) is 10.3. The van der Waals surface area contributed by atoms with E-state index < -0.39 is 17.6 Å². The maximum Gasteiger partial charge on any atom is 0.303 e. The van der Waals surface area contributed by atoms with Gasteiger partial charge < -0.3 is 10.4 Å². The number of aliphatic carboxylic acids is 1. The Kier molecular flexibility index (Phi) is 4.22. The summed E-state index contributed by atoms with van der Waals surface area (Å²) in [5, 5.41) is 11.3. The predicted octanol–water partition coefficient (Wildman–Crippen LogP) is 2.63. The molecule has 0 aromatic heterocycles. The molecule has 0 aliphatic rings. The quantitative estimate of drug-likeness (QED) is 0.816. The average Bonchev–Trinajstić information content (AvgIpc) is 2.12. The SMILES string of the molecule is CC(CCC(=O)O)Nc1cc(F)cc(F)c1. The number of anilines is 1. The molecule has 1 atom stereocenters. The molecule has 1 aromatic carbocycles. The third-order valence-electron chi connectivity index (χ3n) is 2.07. The summed E-state index contributed by atoms with van der Waals surface area (Å²) in [5.41, 5.74) is 0.315. The first kappa shape index (κ1) is 12.4. The molecule has 5 heteroatoms. The van der Waals surface area contributed by atoms with Crippen LogP contribution in [-0.4, -0.2) is 17.1 Å². The number of carboxylic acids is 1. The zero-order chi connectivity index (χ0) is 12.1. The lowest BCUT2D eigenvalue weighted by atomic mass is 10.1. The van der Waals surface area contributed by atoms with Crippen LogP contribution in [0.25, 0.3) is 0 Å². The summed E-state index contributed by atoms with van der Waals surface area (Å²) in [5.74, 6) is -2.21. The number of carbonyl (C=O) groups is 1. The van der Waals surface area contributed by atoms with Gasteiger partial charge in [-0.25, -0.2) is 8.78 Å². The van der Waals surface area contributed by atoms with E-state index in [1.807, 2.05) is 0 Å². The molecular weight excluding hydrogens is 216 g/mol. The van der Waals surface area contributed by atoms with Gasteiger partial charge in [-0.2, -0.15) is 0 Å². The van der Waals surface area contributed by atoms with Crippen LogP contribution in [0.5, 0.6) is 0 Å². The molecule has 0 aliphatic carbocycles. The van der Waals surface area contributed by atoms with Crippen molar-refractivity contribution in [2.24, 2.45) is 0 Å². The van der Waals surface area contributed by atoms with E-state index in [0.717, 1.165) is 6.07 Å². The van der Waals surface area contributed by atoms with E-state index in [0.29, 0.717) is 12.1 Å². The minimum Gasteiger partial charge on any atom is -0.481 e. The molecule has 1 rings (SSSR count). The second-order valence-electron chi connectivity index (χ2n) is 3.64. The first-order valence-electron chi connectivity index (χ1n) is 4.92. The van der Waals surface area contributed by atoms with Gasteiger partial charge in [0.1, 0.15) is 11.6 Å². The van der Waals surface area contributed by atoms with Crippen LogP contribution in [-0.2, 0) is 4.79 Å². The van der Waals surface area contributed by atoms with Crippen molar-refractivity contribution in [1.29, 1.82) is 0 Å². The lowest BCUT2D eigenvalue weighted by Gasteiger charge is -2.14. The van der Waals surface area contributed by atoms with Gasteiger partial charge in [-0.15, -0.1) is 0 Å². The highest BCUT2D eigenvalue weighted by molar-refractivity contribution is 5.66. The molecule has 0 heterocycles. The van der Waals surface area contributed by atoms with Crippen molar-refractivity contribution in [1.82, 2.24) is 0 Å². The van der Waals surface area contributed by atoms with Crippen LogP contribution in [0, 0.1) is 11.6 Å². The Bertz CT molecular complexity index is 362. The van der Waals surface area contributed by atoms with E-state index in [1.54, 1.807) is 6.92 Å². The van der Waals surface area contributed by atoms with Gasteiger partial charge in [-0.3, -0.25) is 4.79 Å². The highest BCUT2D eigenvalue weighted by Gasteiger charge is 2.07. The molecule has 0 bridgehead atoms. The van der Waals surface area contributed by atoms with Crippen molar-refractivity contribution < 1.29 is 18.7 Å². The molecule has 0 aliphatic heterocycles. The third kappa shape index (κ3) is 4.25. The van der Waals surface area contributed by atoms with Crippen molar-refractivity contribution in [3.63, 3.8) is 0 Å². The van der Waals surface area contributed by atoms with E-state index in [2.05, 4.69) is 5.32 Å². The molecular formula is C11H13F2NO2. The molecule has 0 saturated carbocycles. The van der Waals surface area contributed by atoms with Gasteiger partial charge in [-0.05, 0) is 25.5 Å². The number of halogens is 2. The average molecular weight is 229 g/mol. The Hall–Kier alpha value is -1.65. The van der Waals surface area contributed by atoms with Crippen molar-refractivity contribution in [2.75, 3.05) is 5.32 Å². The summed E-state index contributed by atoms with van der Waals surface area (Å²) < 4.78 is 25.6. The zero-order valence-electron chi connectivity index (χ0n) is 8.84. The molecule has 16 heavy (non-hydrogen) atoms. The van der Waals surface area contributed by atoms with Crippen LogP contribution in [0.15, 0.2) is 18.2 Å². The van der Waals surface area contributed by atoms with E-state index in [9.17, 15) is 13.6 Å². The van der Waals surface area contributed by atoms with Crippen LogP contribution in [0.4, 0.5) is 14.5 Å². The molecule has 0 fully saturated rings. The Morgan fingerprint density at radius 1 is 1.38 bits per heavy atom. The minimum atomic E-state index is -0.890. The Morgan fingerprint density at radius 2 is 1.94 bits per heavy atom. The number of nitrogens with one attached hydrogen (secondary N) is 1. The van der Waals surface area contributed by atoms with Crippen LogP contribution in [0.1, 0.15) is 19.8 Å². The topological polar surface area (TPSA) is 49.3 Å². The fraction of sp³-hybridized carbons (Fsp3) is 0.364. The van der Waals surface area contributed by atoms with Gasteiger partial charge in [0, 0.05) is 24.2 Å². The molecule has 3 nitrogen and oxygen atoms in total. The van der Waals surface area contributed by atoms with Gasteiger partial charge in [-0.1, -0.05) is 0 Å². The Labute approximate surface area is 92.1 Å². The summed E-state index contributed by atoms with van der Waals surface area (Å²) in [6.07, 6.45) is 0.416.